The fourth-order valence-electron chi connectivity index (χ4n) is 2.72. The Morgan fingerprint density at radius 3 is 2.75 bits per heavy atom. The van der Waals surface area contributed by atoms with Gasteiger partial charge in [0.2, 0.25) is 0 Å². The number of nitrogens with zero attached hydrogens (tertiary/aromatic N) is 2. The number of amides is 2. The van der Waals surface area contributed by atoms with Gasteiger partial charge in [-0.2, -0.15) is 5.10 Å². The molecule has 0 spiro atoms. The first kappa shape index (κ1) is 16.1. The van der Waals surface area contributed by atoms with Gasteiger partial charge in [0.1, 0.15) is 0 Å². The third-order valence-corrected chi connectivity index (χ3v) is 4.14. The maximum Gasteiger partial charge on any atom is 0.319 e. The zero-order valence-corrected chi connectivity index (χ0v) is 14.0. The molecule has 0 aliphatic carbocycles. The minimum absolute atomic E-state index is 0.195. The molecule has 1 heterocycles. The largest absolute Gasteiger partial charge is 0.337 e. The molecule has 1 aromatic heterocycles. The Labute approximate surface area is 141 Å². The van der Waals surface area contributed by atoms with Crippen LogP contribution in [-0.4, -0.2) is 22.4 Å². The molecule has 0 aliphatic heterocycles. The number of nitrogens with one attached hydrogen (secondary N) is 2. The van der Waals surface area contributed by atoms with Crippen molar-refractivity contribution < 1.29 is 4.79 Å². The summed E-state index contributed by atoms with van der Waals surface area (Å²) in [5, 5.41) is 11.2. The smallest absolute Gasteiger partial charge is 0.319 e. The fraction of sp³-hybridized carbons (Fsp3) is 0.263. The van der Waals surface area contributed by atoms with E-state index in [1.165, 1.54) is 5.56 Å². The van der Waals surface area contributed by atoms with E-state index in [0.717, 1.165) is 23.1 Å². The van der Waals surface area contributed by atoms with Crippen molar-refractivity contribution >= 4 is 22.6 Å². The van der Waals surface area contributed by atoms with E-state index in [0.29, 0.717) is 6.54 Å². The van der Waals surface area contributed by atoms with Crippen LogP contribution in [0.25, 0.3) is 10.9 Å². The van der Waals surface area contributed by atoms with E-state index in [4.69, 9.17) is 0 Å². The highest BCUT2D eigenvalue weighted by Crippen LogP contribution is 2.19. The van der Waals surface area contributed by atoms with Crippen molar-refractivity contribution in [1.29, 1.82) is 0 Å². The van der Waals surface area contributed by atoms with E-state index >= 15 is 0 Å². The number of carbonyl (C=O) groups excluding carboxylic acids is 1. The second-order valence-electron chi connectivity index (χ2n) is 5.88. The van der Waals surface area contributed by atoms with Crippen LogP contribution in [-0.2, 0) is 6.54 Å². The Morgan fingerprint density at radius 2 is 2.00 bits per heavy atom. The first-order valence-electron chi connectivity index (χ1n) is 8.22. The zero-order chi connectivity index (χ0) is 16.9. The number of benzene rings is 2. The molecule has 1 atom stereocenters. The molecule has 3 aromatic rings. The van der Waals surface area contributed by atoms with Gasteiger partial charge in [-0.3, -0.25) is 4.68 Å². The lowest BCUT2D eigenvalue weighted by Gasteiger charge is -2.14. The highest BCUT2D eigenvalue weighted by atomic mass is 16.2. The second kappa shape index (κ2) is 7.17. The van der Waals surface area contributed by atoms with Gasteiger partial charge in [0.05, 0.1) is 11.7 Å². The van der Waals surface area contributed by atoms with Crippen molar-refractivity contribution in [2.24, 2.45) is 0 Å². The summed E-state index contributed by atoms with van der Waals surface area (Å²) in [5.74, 6) is 0.265. The predicted molar refractivity (Wildman–Crippen MR) is 97.3 cm³/mol. The van der Waals surface area contributed by atoms with Crippen molar-refractivity contribution in [1.82, 2.24) is 15.1 Å². The second-order valence-corrected chi connectivity index (χ2v) is 5.88. The fourth-order valence-corrected chi connectivity index (χ4v) is 2.72. The van der Waals surface area contributed by atoms with Gasteiger partial charge >= 0.3 is 6.03 Å². The molecule has 24 heavy (non-hydrogen) atoms. The van der Waals surface area contributed by atoms with E-state index in [1.807, 2.05) is 54.2 Å². The number of fused-ring (bicyclic) bond motifs is 1. The normalized spacial score (nSPS) is 12.1. The lowest BCUT2D eigenvalue weighted by atomic mass is 10.0. The van der Waals surface area contributed by atoms with Crippen molar-refractivity contribution in [2.75, 3.05) is 11.9 Å². The summed E-state index contributed by atoms with van der Waals surface area (Å²) in [7, 11) is 0. The lowest BCUT2D eigenvalue weighted by molar-refractivity contribution is 0.251. The van der Waals surface area contributed by atoms with E-state index < -0.39 is 0 Å². The number of hydrogen-bond acceptors (Lipinski definition) is 2. The summed E-state index contributed by atoms with van der Waals surface area (Å²) in [6.07, 6.45) is 1.84. The summed E-state index contributed by atoms with van der Waals surface area (Å²) in [6, 6.07) is 15.8. The van der Waals surface area contributed by atoms with Gasteiger partial charge in [-0.15, -0.1) is 0 Å². The standard InChI is InChI=1S/C19H22N4O/c1-3-23-18-11-17(10-9-16(18)13-21-23)22-19(24)20-12-14(2)15-7-5-4-6-8-15/h4-11,13-14H,3,12H2,1-2H3,(H2,20,22,24). The lowest BCUT2D eigenvalue weighted by Crippen LogP contribution is -2.31. The molecule has 0 aliphatic rings. The van der Waals surface area contributed by atoms with Crippen LogP contribution >= 0.6 is 0 Å². The van der Waals surface area contributed by atoms with Crippen LogP contribution in [0.15, 0.2) is 54.7 Å². The molecule has 1 unspecified atom stereocenters. The summed E-state index contributed by atoms with van der Waals surface area (Å²) in [4.78, 5) is 12.1. The van der Waals surface area contributed by atoms with Crippen LogP contribution in [0.4, 0.5) is 10.5 Å². The van der Waals surface area contributed by atoms with Gasteiger partial charge in [0, 0.05) is 24.2 Å². The van der Waals surface area contributed by atoms with Gasteiger partial charge in [0.25, 0.3) is 0 Å². The molecule has 0 radical (unpaired) electrons. The van der Waals surface area contributed by atoms with Gasteiger partial charge in [0.15, 0.2) is 0 Å². The number of anilines is 1. The van der Waals surface area contributed by atoms with E-state index in [9.17, 15) is 4.79 Å². The summed E-state index contributed by atoms with van der Waals surface area (Å²) < 4.78 is 1.91. The van der Waals surface area contributed by atoms with E-state index in [-0.39, 0.29) is 11.9 Å². The molecule has 3 rings (SSSR count). The minimum Gasteiger partial charge on any atom is -0.337 e. The molecular weight excluding hydrogens is 300 g/mol. The quantitative estimate of drug-likeness (QED) is 0.746. The van der Waals surface area contributed by atoms with Gasteiger partial charge in [-0.05, 0) is 36.6 Å². The first-order chi connectivity index (χ1) is 11.7. The van der Waals surface area contributed by atoms with Gasteiger partial charge < -0.3 is 10.6 Å². The highest BCUT2D eigenvalue weighted by molar-refractivity contribution is 5.92. The van der Waals surface area contributed by atoms with Crippen molar-refractivity contribution in [3.8, 4) is 0 Å². The van der Waals surface area contributed by atoms with Crippen LogP contribution in [0.1, 0.15) is 25.3 Å². The molecule has 2 aromatic carbocycles. The number of rotatable bonds is 5. The van der Waals surface area contributed by atoms with Crippen LogP contribution in [0.2, 0.25) is 0 Å². The highest BCUT2D eigenvalue weighted by Gasteiger charge is 2.09. The number of carbonyl (C=O) groups is 1. The summed E-state index contributed by atoms with van der Waals surface area (Å²) in [5.41, 5.74) is 3.00. The monoisotopic (exact) mass is 322 g/mol. The Balaban J connectivity index is 1.60. The van der Waals surface area contributed by atoms with Crippen LogP contribution < -0.4 is 10.6 Å². The summed E-state index contributed by atoms with van der Waals surface area (Å²) >= 11 is 0. The van der Waals surface area contributed by atoms with Gasteiger partial charge in [-0.1, -0.05) is 37.3 Å². The Kier molecular flexibility index (Phi) is 4.79. The maximum atomic E-state index is 12.1. The average molecular weight is 322 g/mol. The van der Waals surface area contributed by atoms with Crippen molar-refractivity contribution in [3.05, 3.63) is 60.3 Å². The van der Waals surface area contributed by atoms with Crippen LogP contribution in [0.5, 0.6) is 0 Å². The average Bonchev–Trinajstić information content (AvgIpc) is 3.02. The molecule has 5 nitrogen and oxygen atoms in total. The van der Waals surface area contributed by atoms with Crippen molar-refractivity contribution in [3.63, 3.8) is 0 Å². The third kappa shape index (κ3) is 3.56. The number of aryl methyl sites for hydroxylation is 1. The molecular formula is C19H22N4O. The Hall–Kier alpha value is -2.82. The topological polar surface area (TPSA) is 59.0 Å². The molecule has 0 saturated carbocycles. The Bertz CT molecular complexity index is 826. The van der Waals surface area contributed by atoms with Gasteiger partial charge in [-0.25, -0.2) is 4.79 Å². The predicted octanol–water partition coefficient (Wildman–Crippen LogP) is 3.98. The van der Waals surface area contributed by atoms with E-state index in [2.05, 4.69) is 34.8 Å². The number of hydrogen-bond donors (Lipinski definition) is 2. The molecule has 124 valence electrons. The SMILES string of the molecule is CCn1ncc2ccc(NC(=O)NCC(C)c3ccccc3)cc21. The van der Waals surface area contributed by atoms with Crippen LogP contribution in [0, 0.1) is 0 Å². The number of urea groups is 1. The third-order valence-electron chi connectivity index (χ3n) is 4.14. The minimum atomic E-state index is -0.195. The molecule has 5 heteroatoms. The Morgan fingerprint density at radius 1 is 1.21 bits per heavy atom. The summed E-state index contributed by atoms with van der Waals surface area (Å²) in [6.45, 7) is 5.53. The molecule has 0 saturated heterocycles. The molecule has 0 bridgehead atoms. The molecule has 2 N–H and O–H groups in total. The first-order valence-corrected chi connectivity index (χ1v) is 8.22. The maximum absolute atomic E-state index is 12.1. The van der Waals surface area contributed by atoms with Crippen molar-refractivity contribution in [2.45, 2.75) is 26.3 Å². The number of aromatic nitrogens is 2. The molecule has 0 fully saturated rings. The molecule has 2 amide bonds. The van der Waals surface area contributed by atoms with E-state index in [1.54, 1.807) is 0 Å². The zero-order valence-electron chi connectivity index (χ0n) is 14.0. The van der Waals surface area contributed by atoms with Crippen LogP contribution in [0.3, 0.4) is 0 Å².